The fourth-order valence-corrected chi connectivity index (χ4v) is 2.24. The molecule has 0 aromatic heterocycles. The van der Waals surface area contributed by atoms with Crippen molar-refractivity contribution in [3.05, 3.63) is 12.2 Å². The van der Waals surface area contributed by atoms with Crippen LogP contribution in [0.15, 0.2) is 12.2 Å². The molecule has 2 N–H and O–H groups in total. The van der Waals surface area contributed by atoms with E-state index in [2.05, 4.69) is 16.6 Å². The summed E-state index contributed by atoms with van der Waals surface area (Å²) in [4.78, 5) is 36.6. The topological polar surface area (TPSA) is 95.9 Å². The van der Waals surface area contributed by atoms with Crippen LogP contribution in [-0.4, -0.2) is 53.7 Å². The highest BCUT2D eigenvalue weighted by Crippen LogP contribution is 2.27. The number of carbonyl (C=O) groups is 3. The lowest BCUT2D eigenvalue weighted by Gasteiger charge is -2.34. The molecule has 1 heterocycles. The number of aliphatic carboxylic acids is 1. The van der Waals surface area contributed by atoms with Crippen LogP contribution in [0, 0.1) is 5.41 Å². The van der Waals surface area contributed by atoms with E-state index in [4.69, 9.17) is 0 Å². The van der Waals surface area contributed by atoms with Gasteiger partial charge in [-0.1, -0.05) is 32.9 Å². The average Bonchev–Trinajstić information content (AvgIpc) is 2.75. The average molecular weight is 298 g/mol. The Bertz CT molecular complexity index is 466. The van der Waals surface area contributed by atoms with Gasteiger partial charge in [-0.2, -0.15) is 0 Å². The van der Waals surface area contributed by atoms with Crippen LogP contribution in [0.4, 0.5) is 4.79 Å². The first-order chi connectivity index (χ1) is 9.57. The Kier molecular flexibility index (Phi) is 4.98. The van der Waals surface area contributed by atoms with Gasteiger partial charge in [-0.15, -0.1) is 0 Å². The lowest BCUT2D eigenvalue weighted by molar-refractivity contribution is -0.150. The molecule has 0 unspecified atom stereocenters. The molecule has 2 atom stereocenters. The second kappa shape index (κ2) is 6.15. The van der Waals surface area contributed by atoms with Gasteiger partial charge in [0.2, 0.25) is 5.91 Å². The molecule has 7 heteroatoms. The Morgan fingerprint density at radius 2 is 2.00 bits per heavy atom. The van der Waals surface area contributed by atoms with Crippen LogP contribution in [0.2, 0.25) is 0 Å². The molecule has 0 spiro atoms. The Labute approximate surface area is 123 Å². The number of methoxy groups -OCH3 is 1. The summed E-state index contributed by atoms with van der Waals surface area (Å²) in [5.41, 5.74) is 0.0969. The first kappa shape index (κ1) is 17.0. The number of alkyl carbamates (subject to hydrolysis) is 1. The second-order valence-corrected chi connectivity index (χ2v) is 6.21. The Hall–Kier alpha value is -2.05. The van der Waals surface area contributed by atoms with Crippen molar-refractivity contribution in [1.82, 2.24) is 10.2 Å². The van der Waals surface area contributed by atoms with Gasteiger partial charge in [0.05, 0.1) is 7.11 Å². The van der Waals surface area contributed by atoms with Crippen LogP contribution in [0.25, 0.3) is 0 Å². The molecule has 118 valence electrons. The molecular weight excluding hydrogens is 276 g/mol. The van der Waals surface area contributed by atoms with Gasteiger partial charge in [0.15, 0.2) is 0 Å². The minimum Gasteiger partial charge on any atom is -0.480 e. The first-order valence-corrected chi connectivity index (χ1v) is 6.62. The van der Waals surface area contributed by atoms with E-state index in [9.17, 15) is 19.5 Å². The third-order valence-electron chi connectivity index (χ3n) is 3.38. The van der Waals surface area contributed by atoms with Crippen LogP contribution in [0.3, 0.4) is 0 Å². The van der Waals surface area contributed by atoms with Crippen LogP contribution >= 0.6 is 0 Å². The molecule has 1 rings (SSSR count). The molecule has 0 radical (unpaired) electrons. The number of hydrogen-bond acceptors (Lipinski definition) is 4. The summed E-state index contributed by atoms with van der Waals surface area (Å²) in [6.07, 6.45) is -0.496. The van der Waals surface area contributed by atoms with Crippen LogP contribution in [-0.2, 0) is 14.3 Å². The van der Waals surface area contributed by atoms with Crippen molar-refractivity contribution < 1.29 is 24.2 Å². The van der Waals surface area contributed by atoms with Crippen molar-refractivity contribution in [3.8, 4) is 0 Å². The number of carboxylic acids is 1. The Morgan fingerprint density at radius 3 is 2.43 bits per heavy atom. The molecule has 7 nitrogen and oxygen atoms in total. The lowest BCUT2D eigenvalue weighted by atomic mass is 9.85. The van der Waals surface area contributed by atoms with Gasteiger partial charge >= 0.3 is 12.1 Å². The van der Waals surface area contributed by atoms with E-state index in [1.807, 2.05) is 0 Å². The smallest absolute Gasteiger partial charge is 0.407 e. The van der Waals surface area contributed by atoms with Crippen molar-refractivity contribution in [2.45, 2.75) is 39.3 Å². The molecular formula is C14H22N2O5. The van der Waals surface area contributed by atoms with Crippen molar-refractivity contribution in [2.24, 2.45) is 5.41 Å². The molecule has 1 aliphatic rings. The molecule has 1 aliphatic heterocycles. The molecule has 0 aromatic carbocycles. The van der Waals surface area contributed by atoms with Crippen molar-refractivity contribution in [1.29, 1.82) is 0 Å². The SMILES string of the molecule is C=C1C[C@@H](C(=O)O)N(C(=O)[C@@H](NC(=O)OC)C(C)(C)C)C1. The molecule has 0 aliphatic carbocycles. The van der Waals surface area contributed by atoms with Gasteiger partial charge in [0, 0.05) is 13.0 Å². The molecule has 21 heavy (non-hydrogen) atoms. The number of nitrogens with one attached hydrogen (secondary N) is 1. The van der Waals surface area contributed by atoms with Crippen LogP contribution < -0.4 is 5.32 Å². The molecule has 2 amide bonds. The zero-order valence-corrected chi connectivity index (χ0v) is 12.8. The third-order valence-corrected chi connectivity index (χ3v) is 3.38. The Balaban J connectivity index is 3.02. The predicted molar refractivity (Wildman–Crippen MR) is 75.7 cm³/mol. The van der Waals surface area contributed by atoms with Crippen LogP contribution in [0.5, 0.6) is 0 Å². The number of carbonyl (C=O) groups excluding carboxylic acids is 2. The van der Waals surface area contributed by atoms with Gasteiger partial charge in [-0.3, -0.25) is 4.79 Å². The zero-order valence-electron chi connectivity index (χ0n) is 12.8. The number of hydrogen-bond donors (Lipinski definition) is 2. The predicted octanol–water partition coefficient (Wildman–Crippen LogP) is 0.999. The van der Waals surface area contributed by atoms with E-state index < -0.39 is 35.5 Å². The number of ether oxygens (including phenoxy) is 1. The van der Waals surface area contributed by atoms with Crippen molar-refractivity contribution in [2.75, 3.05) is 13.7 Å². The number of likely N-dealkylation sites (tertiary alicyclic amines) is 1. The standard InChI is InChI=1S/C14H22N2O5/c1-8-6-9(12(18)19)16(7-8)11(17)10(14(2,3)4)15-13(20)21-5/h9-10H,1,6-7H2,2-5H3,(H,15,20)(H,18,19)/t9-,10+/m0/s1. The third kappa shape index (κ3) is 3.96. The summed E-state index contributed by atoms with van der Waals surface area (Å²) in [5, 5.41) is 11.7. The fraction of sp³-hybridized carbons (Fsp3) is 0.643. The summed E-state index contributed by atoms with van der Waals surface area (Å²) in [6.45, 7) is 9.29. The number of amides is 2. The van der Waals surface area contributed by atoms with Gasteiger partial charge < -0.3 is 20.1 Å². The maximum Gasteiger partial charge on any atom is 0.407 e. The van der Waals surface area contributed by atoms with Crippen molar-refractivity contribution in [3.63, 3.8) is 0 Å². The first-order valence-electron chi connectivity index (χ1n) is 6.62. The van der Waals surface area contributed by atoms with E-state index in [0.29, 0.717) is 5.57 Å². The summed E-state index contributed by atoms with van der Waals surface area (Å²) >= 11 is 0. The molecule has 0 bridgehead atoms. The highest BCUT2D eigenvalue weighted by molar-refractivity contribution is 5.91. The van der Waals surface area contributed by atoms with E-state index in [0.717, 1.165) is 0 Å². The largest absolute Gasteiger partial charge is 0.480 e. The molecule has 0 saturated carbocycles. The zero-order chi connectivity index (χ0) is 16.4. The normalized spacial score (nSPS) is 20.1. The number of rotatable bonds is 3. The van der Waals surface area contributed by atoms with Gasteiger partial charge in [0.1, 0.15) is 12.1 Å². The highest BCUT2D eigenvalue weighted by atomic mass is 16.5. The second-order valence-electron chi connectivity index (χ2n) is 6.21. The lowest BCUT2D eigenvalue weighted by Crippen LogP contribution is -2.56. The molecule has 1 fully saturated rings. The summed E-state index contributed by atoms with van der Waals surface area (Å²) in [5.74, 6) is -1.52. The van der Waals surface area contributed by atoms with E-state index in [1.54, 1.807) is 20.8 Å². The maximum atomic E-state index is 12.7. The summed E-state index contributed by atoms with van der Waals surface area (Å²) in [6, 6.07) is -1.81. The summed E-state index contributed by atoms with van der Waals surface area (Å²) in [7, 11) is 1.21. The maximum absolute atomic E-state index is 12.7. The van der Waals surface area contributed by atoms with E-state index in [-0.39, 0.29) is 13.0 Å². The van der Waals surface area contributed by atoms with Gasteiger partial charge in [-0.25, -0.2) is 9.59 Å². The Morgan fingerprint density at radius 1 is 1.43 bits per heavy atom. The van der Waals surface area contributed by atoms with E-state index >= 15 is 0 Å². The quantitative estimate of drug-likeness (QED) is 0.758. The minimum atomic E-state index is -1.08. The molecule has 1 saturated heterocycles. The number of nitrogens with zero attached hydrogens (tertiary/aromatic N) is 1. The van der Waals surface area contributed by atoms with Crippen LogP contribution in [0.1, 0.15) is 27.2 Å². The van der Waals surface area contributed by atoms with Crippen molar-refractivity contribution >= 4 is 18.0 Å². The number of carboxylic acid groups (broad SMARTS) is 1. The van der Waals surface area contributed by atoms with E-state index in [1.165, 1.54) is 12.0 Å². The summed E-state index contributed by atoms with van der Waals surface area (Å²) < 4.78 is 4.53. The monoisotopic (exact) mass is 298 g/mol. The van der Waals surface area contributed by atoms with Gasteiger partial charge in [-0.05, 0) is 5.41 Å². The highest BCUT2D eigenvalue weighted by Gasteiger charge is 2.43. The molecule has 0 aromatic rings. The fourth-order valence-electron chi connectivity index (χ4n) is 2.24. The van der Waals surface area contributed by atoms with Gasteiger partial charge in [0.25, 0.3) is 0 Å². The minimum absolute atomic E-state index is 0.186.